The van der Waals surface area contributed by atoms with E-state index in [1.165, 1.54) is 6.07 Å². The maximum absolute atomic E-state index is 13.0. The van der Waals surface area contributed by atoms with Crippen LogP contribution in [-0.2, 0) is 5.54 Å². The Morgan fingerprint density at radius 1 is 1.26 bits per heavy atom. The van der Waals surface area contributed by atoms with E-state index in [-0.39, 0.29) is 0 Å². The lowest BCUT2D eigenvalue weighted by atomic mass is 9.84. The molecular formula is C14H13Cl2FN2. The van der Waals surface area contributed by atoms with E-state index in [1.54, 1.807) is 24.3 Å². The van der Waals surface area contributed by atoms with Crippen molar-refractivity contribution in [2.45, 2.75) is 18.9 Å². The van der Waals surface area contributed by atoms with Gasteiger partial charge in [-0.15, -0.1) is 0 Å². The minimum absolute atomic E-state index is 0.403. The fourth-order valence-corrected chi connectivity index (χ4v) is 2.45. The minimum atomic E-state index is -0.893. The smallest absolute Gasteiger partial charge is 0.141 e. The summed E-state index contributed by atoms with van der Waals surface area (Å²) in [6.45, 7) is 1.92. The van der Waals surface area contributed by atoms with E-state index in [0.717, 1.165) is 6.20 Å². The number of halogens is 3. The molecule has 0 radical (unpaired) electrons. The van der Waals surface area contributed by atoms with E-state index in [2.05, 4.69) is 4.98 Å². The van der Waals surface area contributed by atoms with Gasteiger partial charge in [-0.05, 0) is 42.3 Å². The third-order valence-corrected chi connectivity index (χ3v) is 3.72. The summed E-state index contributed by atoms with van der Waals surface area (Å²) in [7, 11) is 0. The SMILES string of the molecule is CCC(N)(c1ccc(F)cn1)c1cc(Cl)ccc1Cl. The van der Waals surface area contributed by atoms with E-state index >= 15 is 0 Å². The van der Waals surface area contributed by atoms with Crippen LogP contribution in [-0.4, -0.2) is 4.98 Å². The molecule has 100 valence electrons. The van der Waals surface area contributed by atoms with Gasteiger partial charge >= 0.3 is 0 Å². The zero-order valence-corrected chi connectivity index (χ0v) is 11.8. The Labute approximate surface area is 121 Å². The van der Waals surface area contributed by atoms with Gasteiger partial charge in [-0.1, -0.05) is 30.1 Å². The molecule has 1 atom stereocenters. The molecular weight excluding hydrogens is 286 g/mol. The Kier molecular flexibility index (Phi) is 4.09. The largest absolute Gasteiger partial charge is 0.316 e. The summed E-state index contributed by atoms with van der Waals surface area (Å²) in [5.74, 6) is -0.403. The molecule has 0 spiro atoms. The molecule has 2 N–H and O–H groups in total. The monoisotopic (exact) mass is 298 g/mol. The van der Waals surface area contributed by atoms with Crippen LogP contribution in [0.3, 0.4) is 0 Å². The van der Waals surface area contributed by atoms with Crippen LogP contribution >= 0.6 is 23.2 Å². The molecule has 1 aromatic carbocycles. The molecule has 1 heterocycles. The van der Waals surface area contributed by atoms with Crippen molar-refractivity contribution in [2.75, 3.05) is 0 Å². The normalized spacial score (nSPS) is 14.2. The second-order valence-electron chi connectivity index (χ2n) is 4.31. The molecule has 2 nitrogen and oxygen atoms in total. The molecule has 5 heteroatoms. The number of aromatic nitrogens is 1. The van der Waals surface area contributed by atoms with Crippen molar-refractivity contribution in [3.05, 3.63) is 63.6 Å². The van der Waals surface area contributed by atoms with Gasteiger partial charge in [0.25, 0.3) is 0 Å². The third-order valence-electron chi connectivity index (χ3n) is 3.15. The molecule has 0 saturated heterocycles. The van der Waals surface area contributed by atoms with Crippen LogP contribution in [0.2, 0.25) is 10.0 Å². The first kappa shape index (κ1) is 14.3. The van der Waals surface area contributed by atoms with Gasteiger partial charge in [-0.25, -0.2) is 4.39 Å². The predicted molar refractivity (Wildman–Crippen MR) is 75.9 cm³/mol. The molecule has 0 aliphatic carbocycles. The highest BCUT2D eigenvalue weighted by Crippen LogP contribution is 2.35. The quantitative estimate of drug-likeness (QED) is 0.925. The Bertz CT molecular complexity index is 586. The first-order valence-corrected chi connectivity index (χ1v) is 6.59. The number of hydrogen-bond acceptors (Lipinski definition) is 2. The second-order valence-corrected chi connectivity index (χ2v) is 5.15. The Hall–Kier alpha value is -1.16. The predicted octanol–water partition coefficient (Wildman–Crippen LogP) is 4.14. The number of benzene rings is 1. The van der Waals surface area contributed by atoms with Gasteiger partial charge in [-0.3, -0.25) is 4.98 Å². The van der Waals surface area contributed by atoms with Crippen LogP contribution in [0.1, 0.15) is 24.6 Å². The molecule has 0 aliphatic heterocycles. The highest BCUT2D eigenvalue weighted by atomic mass is 35.5. The van der Waals surface area contributed by atoms with E-state index in [4.69, 9.17) is 28.9 Å². The highest BCUT2D eigenvalue weighted by molar-refractivity contribution is 6.33. The average molecular weight is 299 g/mol. The van der Waals surface area contributed by atoms with Crippen molar-refractivity contribution in [1.82, 2.24) is 4.98 Å². The molecule has 0 amide bonds. The molecule has 19 heavy (non-hydrogen) atoms. The van der Waals surface area contributed by atoms with Crippen molar-refractivity contribution in [3.63, 3.8) is 0 Å². The van der Waals surface area contributed by atoms with E-state index < -0.39 is 11.4 Å². The van der Waals surface area contributed by atoms with Gasteiger partial charge in [0, 0.05) is 10.0 Å². The molecule has 1 aromatic heterocycles. The second kappa shape index (κ2) is 5.45. The zero-order valence-electron chi connectivity index (χ0n) is 10.3. The van der Waals surface area contributed by atoms with Crippen molar-refractivity contribution >= 4 is 23.2 Å². The number of rotatable bonds is 3. The maximum Gasteiger partial charge on any atom is 0.141 e. The van der Waals surface area contributed by atoms with Crippen LogP contribution in [0.4, 0.5) is 4.39 Å². The maximum atomic E-state index is 13.0. The van der Waals surface area contributed by atoms with Gasteiger partial charge in [0.2, 0.25) is 0 Å². The number of pyridine rings is 1. The summed E-state index contributed by atoms with van der Waals surface area (Å²) in [5.41, 5.74) is 6.78. The average Bonchev–Trinajstić information content (AvgIpc) is 2.41. The Balaban J connectivity index is 2.59. The summed E-state index contributed by atoms with van der Waals surface area (Å²) < 4.78 is 13.0. The fraction of sp³-hybridized carbons (Fsp3) is 0.214. The van der Waals surface area contributed by atoms with Crippen molar-refractivity contribution in [1.29, 1.82) is 0 Å². The van der Waals surface area contributed by atoms with E-state index in [9.17, 15) is 4.39 Å². The van der Waals surface area contributed by atoms with Crippen molar-refractivity contribution in [3.8, 4) is 0 Å². The lowest BCUT2D eigenvalue weighted by Gasteiger charge is -2.29. The lowest BCUT2D eigenvalue weighted by Crippen LogP contribution is -2.38. The highest BCUT2D eigenvalue weighted by Gasteiger charge is 2.31. The first-order chi connectivity index (χ1) is 8.97. The van der Waals surface area contributed by atoms with Crippen molar-refractivity contribution < 1.29 is 4.39 Å². The molecule has 1 unspecified atom stereocenters. The molecule has 0 bridgehead atoms. The minimum Gasteiger partial charge on any atom is -0.316 e. The Morgan fingerprint density at radius 2 is 2.00 bits per heavy atom. The first-order valence-electron chi connectivity index (χ1n) is 5.84. The summed E-state index contributed by atoms with van der Waals surface area (Å²) >= 11 is 12.2. The lowest BCUT2D eigenvalue weighted by molar-refractivity contribution is 0.499. The van der Waals surface area contributed by atoms with Crippen LogP contribution < -0.4 is 5.73 Å². The summed E-state index contributed by atoms with van der Waals surface area (Å²) in [6, 6.07) is 8.01. The summed E-state index contributed by atoms with van der Waals surface area (Å²) in [5, 5.41) is 1.06. The van der Waals surface area contributed by atoms with Gasteiger partial charge < -0.3 is 5.73 Å². The summed E-state index contributed by atoms with van der Waals surface area (Å²) in [6.07, 6.45) is 1.71. The molecule has 2 aromatic rings. The van der Waals surface area contributed by atoms with Gasteiger partial charge in [0.15, 0.2) is 0 Å². The number of hydrogen-bond donors (Lipinski definition) is 1. The van der Waals surface area contributed by atoms with Crippen LogP contribution in [0, 0.1) is 5.82 Å². The van der Waals surface area contributed by atoms with Gasteiger partial charge in [0.1, 0.15) is 5.82 Å². The summed E-state index contributed by atoms with van der Waals surface area (Å²) in [4.78, 5) is 4.07. The van der Waals surface area contributed by atoms with Crippen LogP contribution in [0.25, 0.3) is 0 Å². The fourth-order valence-electron chi connectivity index (χ4n) is 1.99. The number of nitrogens with two attached hydrogens (primary N) is 1. The standard InChI is InChI=1S/C14H13Cl2FN2/c1-2-14(18,13-6-4-10(17)8-19-13)11-7-9(15)3-5-12(11)16/h3-8H,2,18H2,1H3. The molecule has 2 rings (SSSR count). The van der Waals surface area contributed by atoms with E-state index in [1.807, 2.05) is 6.92 Å². The Morgan fingerprint density at radius 3 is 2.58 bits per heavy atom. The van der Waals surface area contributed by atoms with Gasteiger partial charge in [0.05, 0.1) is 17.4 Å². The molecule has 0 aliphatic rings. The van der Waals surface area contributed by atoms with E-state index in [0.29, 0.717) is 27.7 Å². The molecule has 0 saturated carbocycles. The van der Waals surface area contributed by atoms with Crippen molar-refractivity contribution in [2.24, 2.45) is 5.73 Å². The third kappa shape index (κ3) is 2.73. The zero-order chi connectivity index (χ0) is 14.0. The van der Waals surface area contributed by atoms with Gasteiger partial charge in [-0.2, -0.15) is 0 Å². The van der Waals surface area contributed by atoms with Crippen LogP contribution in [0.15, 0.2) is 36.5 Å². The van der Waals surface area contributed by atoms with Crippen LogP contribution in [0.5, 0.6) is 0 Å². The topological polar surface area (TPSA) is 38.9 Å². The molecule has 0 fully saturated rings. The number of nitrogens with zero attached hydrogens (tertiary/aromatic N) is 1.